The van der Waals surface area contributed by atoms with Crippen molar-refractivity contribution in [3.05, 3.63) is 0 Å². The van der Waals surface area contributed by atoms with Crippen LogP contribution in [0.4, 0.5) is 0 Å². The number of aliphatic carboxylic acids is 1. The second kappa shape index (κ2) is 2.34. The minimum Gasteiger partial charge on any atom is -0.481 e. The van der Waals surface area contributed by atoms with Crippen LogP contribution < -0.4 is 0 Å². The summed E-state index contributed by atoms with van der Waals surface area (Å²) in [7, 11) is 0. The van der Waals surface area contributed by atoms with Crippen LogP contribution in [0.15, 0.2) is 0 Å². The summed E-state index contributed by atoms with van der Waals surface area (Å²) in [6, 6.07) is 0. The molecule has 2 saturated carbocycles. The Bertz CT molecular complexity index is 271. The Morgan fingerprint density at radius 3 is 1.86 bits per heavy atom. The molecule has 0 atom stereocenters. The smallest absolute Gasteiger partial charge is 0.309 e. The average molecular weight is 196 g/mol. The number of rotatable bonds is 3. The molecule has 80 valence electrons. The lowest BCUT2D eigenvalue weighted by Crippen LogP contribution is -2.16. The van der Waals surface area contributed by atoms with Crippen LogP contribution in [0.2, 0.25) is 0 Å². The highest BCUT2D eigenvalue weighted by molar-refractivity contribution is 5.77. The standard InChI is InChI=1S/C12H20O2/c1-10(2)8(11(10,3)4)7-12(5-6-12)9(13)14/h8H,5-7H2,1-4H3,(H,13,14). The van der Waals surface area contributed by atoms with Gasteiger partial charge < -0.3 is 5.11 Å². The zero-order valence-corrected chi connectivity index (χ0v) is 9.55. The average Bonchev–Trinajstić information content (AvgIpc) is 2.86. The van der Waals surface area contributed by atoms with Gasteiger partial charge in [-0.15, -0.1) is 0 Å². The van der Waals surface area contributed by atoms with Crippen LogP contribution in [0.1, 0.15) is 47.0 Å². The number of carbonyl (C=O) groups is 1. The Morgan fingerprint density at radius 2 is 1.64 bits per heavy atom. The molecule has 0 aliphatic heterocycles. The quantitative estimate of drug-likeness (QED) is 0.753. The largest absolute Gasteiger partial charge is 0.481 e. The summed E-state index contributed by atoms with van der Waals surface area (Å²) < 4.78 is 0. The second-order valence-electron chi connectivity index (χ2n) is 6.29. The topological polar surface area (TPSA) is 37.3 Å². The number of carboxylic acid groups (broad SMARTS) is 1. The first-order valence-corrected chi connectivity index (χ1v) is 5.47. The van der Waals surface area contributed by atoms with E-state index >= 15 is 0 Å². The van der Waals surface area contributed by atoms with Gasteiger partial charge in [0.1, 0.15) is 0 Å². The van der Waals surface area contributed by atoms with Crippen molar-refractivity contribution in [2.75, 3.05) is 0 Å². The predicted molar refractivity (Wildman–Crippen MR) is 55.0 cm³/mol. The van der Waals surface area contributed by atoms with Crippen molar-refractivity contribution in [2.45, 2.75) is 47.0 Å². The number of carboxylic acids is 1. The van der Waals surface area contributed by atoms with Crippen molar-refractivity contribution in [2.24, 2.45) is 22.2 Å². The van der Waals surface area contributed by atoms with E-state index in [-0.39, 0.29) is 5.41 Å². The minimum atomic E-state index is -0.573. The van der Waals surface area contributed by atoms with Gasteiger partial charge in [-0.3, -0.25) is 4.79 Å². The van der Waals surface area contributed by atoms with Gasteiger partial charge in [0.15, 0.2) is 0 Å². The zero-order chi connectivity index (χ0) is 10.8. The lowest BCUT2D eigenvalue weighted by Gasteiger charge is -2.10. The lowest BCUT2D eigenvalue weighted by atomic mass is 9.95. The van der Waals surface area contributed by atoms with Crippen molar-refractivity contribution in [3.8, 4) is 0 Å². The van der Waals surface area contributed by atoms with Crippen molar-refractivity contribution in [1.82, 2.24) is 0 Å². The molecule has 0 bridgehead atoms. The molecule has 2 aliphatic carbocycles. The Hall–Kier alpha value is -0.530. The number of hydrogen-bond acceptors (Lipinski definition) is 1. The predicted octanol–water partition coefficient (Wildman–Crippen LogP) is 2.92. The molecular formula is C12H20O2. The van der Waals surface area contributed by atoms with Crippen molar-refractivity contribution in [3.63, 3.8) is 0 Å². The van der Waals surface area contributed by atoms with Gasteiger partial charge >= 0.3 is 5.97 Å². The van der Waals surface area contributed by atoms with Crippen molar-refractivity contribution >= 4 is 5.97 Å². The molecule has 0 aromatic heterocycles. The van der Waals surface area contributed by atoms with Crippen LogP contribution in [0, 0.1) is 22.2 Å². The third-order valence-electron chi connectivity index (χ3n) is 5.22. The molecule has 2 heteroatoms. The molecule has 0 spiro atoms. The van der Waals surface area contributed by atoms with E-state index < -0.39 is 5.97 Å². The molecule has 0 radical (unpaired) electrons. The first-order chi connectivity index (χ1) is 6.24. The fourth-order valence-electron chi connectivity index (χ4n) is 2.89. The highest BCUT2D eigenvalue weighted by atomic mass is 16.4. The molecular weight excluding hydrogens is 176 g/mol. The third-order valence-corrected chi connectivity index (χ3v) is 5.22. The maximum Gasteiger partial charge on any atom is 0.309 e. The summed E-state index contributed by atoms with van der Waals surface area (Å²) in [6.45, 7) is 9.04. The van der Waals surface area contributed by atoms with E-state index in [0.29, 0.717) is 16.7 Å². The molecule has 2 rings (SSSR count). The maximum atomic E-state index is 11.1. The van der Waals surface area contributed by atoms with E-state index in [2.05, 4.69) is 27.7 Å². The molecule has 0 saturated heterocycles. The SMILES string of the molecule is CC1(C)C(CC2(C(=O)O)CC2)C1(C)C. The fraction of sp³-hybridized carbons (Fsp3) is 0.917. The van der Waals surface area contributed by atoms with E-state index in [1.807, 2.05) is 0 Å². The molecule has 0 unspecified atom stereocenters. The van der Waals surface area contributed by atoms with Gasteiger partial charge in [0, 0.05) is 0 Å². The highest BCUT2D eigenvalue weighted by Crippen LogP contribution is 2.73. The summed E-state index contributed by atoms with van der Waals surface area (Å²) in [5.74, 6) is 0.0181. The van der Waals surface area contributed by atoms with E-state index in [1.54, 1.807) is 0 Å². The van der Waals surface area contributed by atoms with Crippen molar-refractivity contribution < 1.29 is 9.90 Å². The minimum absolute atomic E-state index is 0.331. The third kappa shape index (κ3) is 1.06. The van der Waals surface area contributed by atoms with Gasteiger partial charge in [0.2, 0.25) is 0 Å². The van der Waals surface area contributed by atoms with E-state index in [0.717, 1.165) is 19.3 Å². The normalized spacial score (nSPS) is 31.1. The molecule has 2 nitrogen and oxygen atoms in total. The summed E-state index contributed by atoms with van der Waals surface area (Å²) in [6.07, 6.45) is 2.68. The number of hydrogen-bond donors (Lipinski definition) is 1. The van der Waals surface area contributed by atoms with Crippen LogP contribution in [-0.2, 0) is 4.79 Å². The van der Waals surface area contributed by atoms with Crippen LogP contribution in [0.25, 0.3) is 0 Å². The van der Waals surface area contributed by atoms with Crippen LogP contribution >= 0.6 is 0 Å². The van der Waals surface area contributed by atoms with Crippen LogP contribution in [0.3, 0.4) is 0 Å². The van der Waals surface area contributed by atoms with Gasteiger partial charge in [0.25, 0.3) is 0 Å². The summed E-state index contributed by atoms with van der Waals surface area (Å²) in [4.78, 5) is 11.1. The van der Waals surface area contributed by atoms with Gasteiger partial charge in [-0.1, -0.05) is 27.7 Å². The Kier molecular flexibility index (Phi) is 1.67. The summed E-state index contributed by atoms with van der Waals surface area (Å²) >= 11 is 0. The van der Waals surface area contributed by atoms with Gasteiger partial charge in [-0.05, 0) is 36.0 Å². The highest BCUT2D eigenvalue weighted by Gasteiger charge is 2.68. The Labute approximate surface area is 85.7 Å². The van der Waals surface area contributed by atoms with Crippen LogP contribution in [0.5, 0.6) is 0 Å². The summed E-state index contributed by atoms with van der Waals surface area (Å²) in [5, 5.41) is 9.12. The van der Waals surface area contributed by atoms with E-state index in [9.17, 15) is 4.79 Å². The summed E-state index contributed by atoms with van der Waals surface area (Å²) in [5.41, 5.74) is 0.325. The molecule has 1 N–H and O–H groups in total. The Balaban J connectivity index is 2.05. The fourth-order valence-corrected chi connectivity index (χ4v) is 2.89. The molecule has 2 fully saturated rings. The van der Waals surface area contributed by atoms with Gasteiger partial charge in [0.05, 0.1) is 5.41 Å². The molecule has 0 heterocycles. The molecule has 0 aromatic carbocycles. The van der Waals surface area contributed by atoms with Gasteiger partial charge in [-0.2, -0.15) is 0 Å². The van der Waals surface area contributed by atoms with E-state index in [4.69, 9.17) is 5.11 Å². The monoisotopic (exact) mass is 196 g/mol. The molecule has 2 aliphatic rings. The van der Waals surface area contributed by atoms with Gasteiger partial charge in [-0.25, -0.2) is 0 Å². The van der Waals surface area contributed by atoms with Crippen LogP contribution in [-0.4, -0.2) is 11.1 Å². The maximum absolute atomic E-state index is 11.1. The second-order valence-corrected chi connectivity index (χ2v) is 6.29. The molecule has 14 heavy (non-hydrogen) atoms. The molecule has 0 amide bonds. The zero-order valence-electron chi connectivity index (χ0n) is 9.55. The van der Waals surface area contributed by atoms with Crippen molar-refractivity contribution in [1.29, 1.82) is 0 Å². The first-order valence-electron chi connectivity index (χ1n) is 5.47. The first kappa shape index (κ1) is 10.0. The van der Waals surface area contributed by atoms with E-state index in [1.165, 1.54) is 0 Å². The Morgan fingerprint density at radius 1 is 1.21 bits per heavy atom. The lowest BCUT2D eigenvalue weighted by molar-refractivity contribution is -0.143. The molecule has 0 aromatic rings.